The van der Waals surface area contributed by atoms with Crippen LogP contribution in [0.5, 0.6) is 5.75 Å². The van der Waals surface area contributed by atoms with Crippen molar-refractivity contribution in [3.8, 4) is 23.1 Å². The zero-order valence-corrected chi connectivity index (χ0v) is 16.5. The second-order valence-electron chi connectivity index (χ2n) is 5.46. The van der Waals surface area contributed by atoms with Gasteiger partial charge in [0.2, 0.25) is 0 Å². The highest BCUT2D eigenvalue weighted by Gasteiger charge is 2.14. The number of aromatic amines is 1. The number of hydrogen-bond donors (Lipinski definition) is 1. The van der Waals surface area contributed by atoms with Crippen molar-refractivity contribution < 1.29 is 9.13 Å². The molecule has 1 aromatic heterocycles. The van der Waals surface area contributed by atoms with Gasteiger partial charge in [0.25, 0.3) is 5.56 Å². The minimum absolute atomic E-state index is 0.0576. The van der Waals surface area contributed by atoms with E-state index in [1.807, 2.05) is 6.07 Å². The number of nitriles is 1. The zero-order chi connectivity index (χ0) is 19.4. The third-order valence-corrected chi connectivity index (χ3v) is 5.07. The van der Waals surface area contributed by atoms with Crippen molar-refractivity contribution in [2.24, 2.45) is 0 Å². The molecule has 3 rings (SSSR count). The second kappa shape index (κ2) is 8.37. The van der Waals surface area contributed by atoms with Crippen molar-refractivity contribution in [3.63, 3.8) is 0 Å². The van der Waals surface area contributed by atoms with Crippen LogP contribution in [0, 0.1) is 17.1 Å². The van der Waals surface area contributed by atoms with Crippen LogP contribution in [0.1, 0.15) is 11.1 Å². The highest BCUT2D eigenvalue weighted by Crippen LogP contribution is 2.26. The Morgan fingerprint density at radius 1 is 1.33 bits per heavy atom. The van der Waals surface area contributed by atoms with Crippen LogP contribution in [0.15, 0.2) is 56.9 Å². The van der Waals surface area contributed by atoms with Gasteiger partial charge in [0.1, 0.15) is 29.8 Å². The first-order valence-electron chi connectivity index (χ1n) is 7.77. The van der Waals surface area contributed by atoms with Gasteiger partial charge >= 0.3 is 0 Å². The third kappa shape index (κ3) is 4.38. The number of rotatable bonds is 5. The molecule has 0 spiro atoms. The Morgan fingerprint density at radius 3 is 2.89 bits per heavy atom. The largest absolute Gasteiger partial charge is 0.489 e. The Hall–Kier alpha value is -2.63. The van der Waals surface area contributed by atoms with Gasteiger partial charge in [-0.15, -0.1) is 0 Å². The van der Waals surface area contributed by atoms with E-state index in [1.165, 1.54) is 23.9 Å². The number of thioether (sulfide) groups is 1. The van der Waals surface area contributed by atoms with Crippen LogP contribution in [0.4, 0.5) is 4.39 Å². The van der Waals surface area contributed by atoms with Gasteiger partial charge in [-0.05, 0) is 36.6 Å². The fraction of sp³-hybridized carbons (Fsp3) is 0.105. The van der Waals surface area contributed by atoms with E-state index >= 15 is 0 Å². The number of hydrogen-bond acceptors (Lipinski definition) is 5. The van der Waals surface area contributed by atoms with Crippen LogP contribution in [0.25, 0.3) is 11.3 Å². The van der Waals surface area contributed by atoms with Crippen molar-refractivity contribution in [2.75, 3.05) is 6.26 Å². The molecule has 0 bridgehead atoms. The molecule has 0 aliphatic carbocycles. The fourth-order valence-corrected chi connectivity index (χ4v) is 3.15. The van der Waals surface area contributed by atoms with Crippen LogP contribution < -0.4 is 10.3 Å². The summed E-state index contributed by atoms with van der Waals surface area (Å²) in [6.45, 7) is 0.158. The summed E-state index contributed by atoms with van der Waals surface area (Å²) in [4.78, 5) is 19.0. The first-order chi connectivity index (χ1) is 13.0. The van der Waals surface area contributed by atoms with E-state index < -0.39 is 5.56 Å². The van der Waals surface area contributed by atoms with Crippen LogP contribution in [-0.2, 0) is 6.61 Å². The summed E-state index contributed by atoms with van der Waals surface area (Å²) in [5.41, 5.74) is 1.00. The van der Waals surface area contributed by atoms with E-state index in [0.29, 0.717) is 27.7 Å². The lowest BCUT2D eigenvalue weighted by Crippen LogP contribution is -2.14. The maximum atomic E-state index is 13.4. The van der Waals surface area contributed by atoms with Gasteiger partial charge in [-0.3, -0.25) is 4.79 Å². The maximum absolute atomic E-state index is 13.4. The van der Waals surface area contributed by atoms with Gasteiger partial charge < -0.3 is 9.72 Å². The van der Waals surface area contributed by atoms with Gasteiger partial charge in [-0.1, -0.05) is 39.8 Å². The van der Waals surface area contributed by atoms with Crippen molar-refractivity contribution >= 4 is 27.7 Å². The average molecular weight is 446 g/mol. The number of aromatic nitrogens is 2. The quantitative estimate of drug-likeness (QED) is 0.461. The van der Waals surface area contributed by atoms with Crippen LogP contribution in [0.3, 0.4) is 0 Å². The standard InChI is InChI=1S/C19H13BrFN3O2S/c1-27-19-23-17(15(9-22)18(25)24-19)11-3-2-4-14(8-11)26-10-12-7-13(21)5-6-16(12)20/h2-8H,10H2,1H3,(H,23,24,25). The molecule has 0 aliphatic rings. The van der Waals surface area contributed by atoms with E-state index in [2.05, 4.69) is 25.9 Å². The molecule has 0 saturated heterocycles. The number of ether oxygens (including phenoxy) is 1. The molecule has 136 valence electrons. The Kier molecular flexibility index (Phi) is 5.94. The van der Waals surface area contributed by atoms with Crippen molar-refractivity contribution in [3.05, 3.63) is 74.2 Å². The fourth-order valence-electron chi connectivity index (χ4n) is 2.41. The first kappa shape index (κ1) is 19.1. The zero-order valence-electron chi connectivity index (χ0n) is 14.1. The van der Waals surface area contributed by atoms with Gasteiger partial charge in [0.15, 0.2) is 5.16 Å². The summed E-state index contributed by atoms with van der Waals surface area (Å²) in [5.74, 6) is 0.168. The second-order valence-corrected chi connectivity index (χ2v) is 7.11. The van der Waals surface area contributed by atoms with Crippen molar-refractivity contribution in [1.82, 2.24) is 9.97 Å². The topological polar surface area (TPSA) is 78.8 Å². The molecular formula is C19H13BrFN3O2S. The summed E-state index contributed by atoms with van der Waals surface area (Å²) >= 11 is 4.64. The number of benzene rings is 2. The van der Waals surface area contributed by atoms with Crippen LogP contribution in [0.2, 0.25) is 0 Å². The third-order valence-electron chi connectivity index (χ3n) is 3.71. The molecule has 0 atom stereocenters. The van der Waals surface area contributed by atoms with E-state index in [-0.39, 0.29) is 18.0 Å². The maximum Gasteiger partial charge on any atom is 0.270 e. The lowest BCUT2D eigenvalue weighted by molar-refractivity contribution is 0.305. The molecule has 0 aliphatic heterocycles. The first-order valence-corrected chi connectivity index (χ1v) is 9.79. The van der Waals surface area contributed by atoms with Gasteiger partial charge in [0.05, 0.1) is 5.69 Å². The van der Waals surface area contributed by atoms with Crippen molar-refractivity contribution in [2.45, 2.75) is 11.8 Å². The SMILES string of the molecule is CSc1nc(-c2cccc(OCc3cc(F)ccc3Br)c2)c(C#N)c(=O)[nH]1. The molecule has 0 radical (unpaired) electrons. The minimum atomic E-state index is -0.484. The van der Waals surface area contributed by atoms with Crippen LogP contribution >= 0.6 is 27.7 Å². The monoisotopic (exact) mass is 445 g/mol. The molecule has 0 amide bonds. The van der Waals surface area contributed by atoms with Crippen molar-refractivity contribution in [1.29, 1.82) is 5.26 Å². The van der Waals surface area contributed by atoms with Gasteiger partial charge in [0, 0.05) is 15.6 Å². The summed E-state index contributed by atoms with van der Waals surface area (Å²) in [6, 6.07) is 13.2. The average Bonchev–Trinajstić information content (AvgIpc) is 2.68. The predicted octanol–water partition coefficient (Wildman–Crippen LogP) is 4.51. The Labute approximate surface area is 167 Å². The lowest BCUT2D eigenvalue weighted by atomic mass is 10.1. The summed E-state index contributed by atoms with van der Waals surface area (Å²) in [5, 5.41) is 9.73. The molecule has 0 unspecified atom stereocenters. The number of nitrogens with one attached hydrogen (secondary N) is 1. The summed E-state index contributed by atoms with van der Waals surface area (Å²) < 4.78 is 19.9. The number of halogens is 2. The lowest BCUT2D eigenvalue weighted by Gasteiger charge is -2.10. The molecule has 1 N–H and O–H groups in total. The summed E-state index contributed by atoms with van der Waals surface area (Å²) in [7, 11) is 0. The molecule has 27 heavy (non-hydrogen) atoms. The molecule has 8 heteroatoms. The van der Waals surface area contributed by atoms with E-state index in [9.17, 15) is 14.4 Å². The predicted molar refractivity (Wildman–Crippen MR) is 105 cm³/mol. The molecule has 5 nitrogen and oxygen atoms in total. The number of nitrogens with zero attached hydrogens (tertiary/aromatic N) is 2. The molecular weight excluding hydrogens is 433 g/mol. The minimum Gasteiger partial charge on any atom is -0.489 e. The van der Waals surface area contributed by atoms with E-state index in [1.54, 1.807) is 36.6 Å². The van der Waals surface area contributed by atoms with Gasteiger partial charge in [-0.2, -0.15) is 5.26 Å². The highest BCUT2D eigenvalue weighted by atomic mass is 79.9. The van der Waals surface area contributed by atoms with E-state index in [0.717, 1.165) is 4.47 Å². The Balaban J connectivity index is 1.93. The highest BCUT2D eigenvalue weighted by molar-refractivity contribution is 9.10. The smallest absolute Gasteiger partial charge is 0.270 e. The van der Waals surface area contributed by atoms with Crippen LogP contribution in [-0.4, -0.2) is 16.2 Å². The molecule has 1 heterocycles. The molecule has 0 saturated carbocycles. The molecule has 2 aromatic carbocycles. The number of H-pyrrole nitrogens is 1. The van der Waals surface area contributed by atoms with E-state index in [4.69, 9.17) is 4.74 Å². The van der Waals surface area contributed by atoms with Gasteiger partial charge in [-0.25, -0.2) is 9.37 Å². The molecule has 3 aromatic rings. The normalized spacial score (nSPS) is 10.4. The molecule has 0 fully saturated rings. The summed E-state index contributed by atoms with van der Waals surface area (Å²) in [6.07, 6.45) is 1.78. The Morgan fingerprint density at radius 2 is 2.15 bits per heavy atom. The Bertz CT molecular complexity index is 1100.